The van der Waals surface area contributed by atoms with E-state index in [9.17, 15) is 5.11 Å². The summed E-state index contributed by atoms with van der Waals surface area (Å²) in [6.45, 7) is 0. The molecule has 3 rings (SSSR count). The van der Waals surface area contributed by atoms with Crippen LogP contribution in [0.5, 0.6) is 17.2 Å². The molecule has 0 unspecified atom stereocenters. The smallest absolute Gasteiger partial charge is 0.123 e. The molecule has 0 amide bonds. The number of aromatic hydroxyl groups is 1. The Morgan fingerprint density at radius 1 is 0.760 bits per heavy atom. The Morgan fingerprint density at radius 2 is 1.40 bits per heavy atom. The molecule has 1 N–H and O–H groups in total. The molecule has 3 heteroatoms. The van der Waals surface area contributed by atoms with Gasteiger partial charge >= 0.3 is 0 Å². The van der Waals surface area contributed by atoms with Gasteiger partial charge in [-0.1, -0.05) is 48.6 Å². The maximum atomic E-state index is 9.49. The van der Waals surface area contributed by atoms with E-state index in [1.54, 1.807) is 26.4 Å². The average molecular weight is 332 g/mol. The van der Waals surface area contributed by atoms with Gasteiger partial charge in [-0.2, -0.15) is 0 Å². The molecule has 0 atom stereocenters. The van der Waals surface area contributed by atoms with Gasteiger partial charge in [0.25, 0.3) is 0 Å². The molecule has 0 aromatic heterocycles. The van der Waals surface area contributed by atoms with Crippen molar-refractivity contribution in [3.05, 3.63) is 77.9 Å². The molecule has 0 aliphatic carbocycles. The van der Waals surface area contributed by atoms with Crippen LogP contribution in [0, 0.1) is 0 Å². The van der Waals surface area contributed by atoms with Crippen LogP contribution in [0.15, 0.2) is 66.7 Å². The Kier molecular flexibility index (Phi) is 5.05. The molecular weight excluding hydrogens is 312 g/mol. The van der Waals surface area contributed by atoms with E-state index in [1.165, 1.54) is 0 Å². The maximum absolute atomic E-state index is 9.49. The highest BCUT2D eigenvalue weighted by molar-refractivity contribution is 5.81. The Hall–Kier alpha value is -3.20. The van der Waals surface area contributed by atoms with Crippen LogP contribution in [0.2, 0.25) is 0 Å². The van der Waals surface area contributed by atoms with Crippen LogP contribution in [0.1, 0.15) is 11.1 Å². The minimum atomic E-state index is 0.264. The van der Waals surface area contributed by atoms with Crippen LogP contribution in [0.4, 0.5) is 0 Å². The lowest BCUT2D eigenvalue weighted by molar-refractivity contribution is 0.394. The Bertz CT molecular complexity index is 858. The van der Waals surface area contributed by atoms with Crippen molar-refractivity contribution in [2.45, 2.75) is 0 Å². The molecule has 126 valence electrons. The number of phenols is 1. The molecule has 0 aliphatic heterocycles. The fourth-order valence-corrected chi connectivity index (χ4v) is 2.66. The van der Waals surface area contributed by atoms with E-state index in [0.717, 1.165) is 33.8 Å². The molecule has 0 heterocycles. The van der Waals surface area contributed by atoms with E-state index < -0.39 is 0 Å². The summed E-state index contributed by atoms with van der Waals surface area (Å²) in [6.07, 6.45) is 4.10. The molecule has 3 nitrogen and oxygen atoms in total. The van der Waals surface area contributed by atoms with Crippen LogP contribution in [-0.2, 0) is 0 Å². The van der Waals surface area contributed by atoms with E-state index in [1.807, 2.05) is 48.5 Å². The monoisotopic (exact) mass is 332 g/mol. The zero-order valence-corrected chi connectivity index (χ0v) is 14.3. The second kappa shape index (κ2) is 7.58. The molecule has 0 saturated carbocycles. The highest BCUT2D eigenvalue weighted by Gasteiger charge is 2.03. The molecule has 3 aromatic rings. The topological polar surface area (TPSA) is 38.7 Å². The van der Waals surface area contributed by atoms with Crippen molar-refractivity contribution in [3.63, 3.8) is 0 Å². The lowest BCUT2D eigenvalue weighted by atomic mass is 9.99. The quantitative estimate of drug-likeness (QED) is 0.649. The predicted molar refractivity (Wildman–Crippen MR) is 102 cm³/mol. The van der Waals surface area contributed by atoms with Gasteiger partial charge in [0, 0.05) is 6.07 Å². The summed E-state index contributed by atoms with van der Waals surface area (Å²) in [5.41, 5.74) is 4.25. The van der Waals surface area contributed by atoms with E-state index in [2.05, 4.69) is 18.2 Å². The zero-order valence-electron chi connectivity index (χ0n) is 14.3. The van der Waals surface area contributed by atoms with Crippen molar-refractivity contribution >= 4 is 12.2 Å². The van der Waals surface area contributed by atoms with Crippen molar-refractivity contribution in [1.82, 2.24) is 0 Å². The van der Waals surface area contributed by atoms with Crippen LogP contribution in [0.3, 0.4) is 0 Å². The van der Waals surface area contributed by atoms with Gasteiger partial charge in [0.15, 0.2) is 0 Å². The number of hydrogen-bond donors (Lipinski definition) is 1. The molecule has 3 aromatic carbocycles. The highest BCUT2D eigenvalue weighted by atomic mass is 16.5. The third kappa shape index (κ3) is 4.01. The van der Waals surface area contributed by atoms with Crippen LogP contribution >= 0.6 is 0 Å². The molecule has 0 radical (unpaired) electrons. The van der Waals surface area contributed by atoms with Gasteiger partial charge in [0.1, 0.15) is 17.2 Å². The van der Waals surface area contributed by atoms with Crippen molar-refractivity contribution in [1.29, 1.82) is 0 Å². The van der Waals surface area contributed by atoms with Gasteiger partial charge in [-0.05, 0) is 46.5 Å². The summed E-state index contributed by atoms with van der Waals surface area (Å²) in [7, 11) is 3.28. The van der Waals surface area contributed by atoms with Crippen LogP contribution < -0.4 is 9.47 Å². The Balaban J connectivity index is 1.96. The van der Waals surface area contributed by atoms with E-state index in [0.29, 0.717) is 0 Å². The molecule has 25 heavy (non-hydrogen) atoms. The lowest BCUT2D eigenvalue weighted by Gasteiger charge is -2.08. The van der Waals surface area contributed by atoms with E-state index >= 15 is 0 Å². The van der Waals surface area contributed by atoms with Gasteiger partial charge in [-0.15, -0.1) is 0 Å². The molecule has 0 bridgehead atoms. The molecule has 0 spiro atoms. The van der Waals surface area contributed by atoms with Gasteiger partial charge in [-0.3, -0.25) is 0 Å². The molecular formula is C22H20O3. The third-order valence-electron chi connectivity index (χ3n) is 3.97. The van der Waals surface area contributed by atoms with Gasteiger partial charge < -0.3 is 14.6 Å². The van der Waals surface area contributed by atoms with Gasteiger partial charge in [0.2, 0.25) is 0 Å². The largest absolute Gasteiger partial charge is 0.508 e. The first-order chi connectivity index (χ1) is 12.2. The maximum Gasteiger partial charge on any atom is 0.123 e. The van der Waals surface area contributed by atoms with Crippen molar-refractivity contribution in [2.75, 3.05) is 14.2 Å². The summed E-state index contributed by atoms with van der Waals surface area (Å²) in [5, 5.41) is 9.49. The first-order valence-corrected chi connectivity index (χ1v) is 7.99. The Morgan fingerprint density at radius 3 is 2.04 bits per heavy atom. The number of rotatable bonds is 5. The number of phenolic OH excluding ortho intramolecular Hbond substituents is 1. The summed E-state index contributed by atoms with van der Waals surface area (Å²) >= 11 is 0. The fraction of sp³-hybridized carbons (Fsp3) is 0.0909. The lowest BCUT2D eigenvalue weighted by Crippen LogP contribution is -1.88. The summed E-state index contributed by atoms with van der Waals surface area (Å²) in [4.78, 5) is 0. The number of hydrogen-bond acceptors (Lipinski definition) is 3. The predicted octanol–water partition coefficient (Wildman–Crippen LogP) is 5.25. The van der Waals surface area contributed by atoms with Crippen LogP contribution in [0.25, 0.3) is 23.3 Å². The zero-order chi connectivity index (χ0) is 17.6. The first kappa shape index (κ1) is 16.7. The number of ether oxygens (including phenoxy) is 2. The Labute approximate surface area is 147 Å². The van der Waals surface area contributed by atoms with Gasteiger partial charge in [-0.25, -0.2) is 0 Å². The van der Waals surface area contributed by atoms with E-state index in [-0.39, 0.29) is 5.75 Å². The normalized spacial score (nSPS) is 10.8. The summed E-state index contributed by atoms with van der Waals surface area (Å²) in [5.74, 6) is 1.77. The first-order valence-electron chi connectivity index (χ1n) is 7.99. The summed E-state index contributed by atoms with van der Waals surface area (Å²) < 4.78 is 10.6. The SMILES string of the molecule is COc1cc(/C=C/c2ccccc2-c2ccc(O)cc2)cc(OC)c1. The minimum absolute atomic E-state index is 0.264. The van der Waals surface area contributed by atoms with Crippen LogP contribution in [-0.4, -0.2) is 19.3 Å². The fourth-order valence-electron chi connectivity index (χ4n) is 2.66. The van der Waals surface area contributed by atoms with Gasteiger partial charge in [0.05, 0.1) is 14.2 Å². The van der Waals surface area contributed by atoms with Crippen molar-refractivity contribution in [3.8, 4) is 28.4 Å². The summed E-state index contributed by atoms with van der Waals surface area (Å²) in [6, 6.07) is 21.1. The molecule has 0 aliphatic rings. The van der Waals surface area contributed by atoms with E-state index in [4.69, 9.17) is 9.47 Å². The number of methoxy groups -OCH3 is 2. The second-order valence-electron chi connectivity index (χ2n) is 5.61. The molecule has 0 fully saturated rings. The standard InChI is InChI=1S/C22H20O3/c1-24-20-13-16(14-21(15-20)25-2)7-8-17-5-3-4-6-22(17)18-9-11-19(23)12-10-18/h3-15,23H,1-2H3/b8-7+. The van der Waals surface area contributed by atoms with Crippen molar-refractivity contribution < 1.29 is 14.6 Å². The minimum Gasteiger partial charge on any atom is -0.508 e. The van der Waals surface area contributed by atoms with Crippen molar-refractivity contribution in [2.24, 2.45) is 0 Å². The second-order valence-corrected chi connectivity index (χ2v) is 5.61. The third-order valence-corrected chi connectivity index (χ3v) is 3.97. The molecule has 0 saturated heterocycles. The number of benzene rings is 3. The average Bonchev–Trinajstić information content (AvgIpc) is 2.67. The highest BCUT2D eigenvalue weighted by Crippen LogP contribution is 2.28.